The van der Waals surface area contributed by atoms with Crippen LogP contribution in [-0.2, 0) is 13.0 Å². The van der Waals surface area contributed by atoms with Crippen molar-refractivity contribution in [3.05, 3.63) is 23.9 Å². The lowest BCUT2D eigenvalue weighted by atomic mass is 10.1. The molecule has 0 atom stereocenters. The van der Waals surface area contributed by atoms with Crippen LogP contribution in [0.4, 0.5) is 0 Å². The third-order valence-electron chi connectivity index (χ3n) is 3.79. The van der Waals surface area contributed by atoms with Crippen LogP contribution in [0.2, 0.25) is 0 Å². The molecule has 0 saturated carbocycles. The van der Waals surface area contributed by atoms with E-state index in [-0.39, 0.29) is 13.2 Å². The van der Waals surface area contributed by atoms with E-state index >= 15 is 0 Å². The van der Waals surface area contributed by atoms with Gasteiger partial charge < -0.3 is 24.3 Å². The molecule has 0 bridgehead atoms. The number of aliphatic hydroxyl groups is 2. The first-order valence-electron chi connectivity index (χ1n) is 7.46. The highest BCUT2D eigenvalue weighted by Gasteiger charge is 2.17. The van der Waals surface area contributed by atoms with Crippen molar-refractivity contribution >= 4 is 10.9 Å². The molecule has 1 aliphatic rings. The molecule has 0 saturated heterocycles. The second kappa shape index (κ2) is 6.37. The lowest BCUT2D eigenvalue weighted by Crippen LogP contribution is -2.15. The molecule has 0 spiro atoms. The molecular formula is C16H21NO4. The number of hydrogen-bond donors (Lipinski definition) is 2. The molecule has 2 N–H and O–H groups in total. The Hall–Kier alpha value is -1.72. The van der Waals surface area contributed by atoms with Gasteiger partial charge in [-0.05, 0) is 30.9 Å². The SMILES string of the molecule is OCCCc1cn(CCCO)c2cc3c(cc12)OCCO3. The molecule has 1 aliphatic heterocycles. The van der Waals surface area contributed by atoms with Gasteiger partial charge in [-0.1, -0.05) is 0 Å². The molecule has 5 heteroatoms. The maximum absolute atomic E-state index is 9.06. The summed E-state index contributed by atoms with van der Waals surface area (Å²) in [4.78, 5) is 0. The zero-order chi connectivity index (χ0) is 14.7. The van der Waals surface area contributed by atoms with Crippen LogP contribution in [0.25, 0.3) is 10.9 Å². The predicted molar refractivity (Wildman–Crippen MR) is 80.0 cm³/mol. The molecular weight excluding hydrogens is 270 g/mol. The van der Waals surface area contributed by atoms with Gasteiger partial charge in [0.25, 0.3) is 0 Å². The van der Waals surface area contributed by atoms with Gasteiger partial charge in [0, 0.05) is 37.4 Å². The summed E-state index contributed by atoms with van der Waals surface area (Å²) in [6.07, 6.45) is 4.41. The Kier molecular flexibility index (Phi) is 4.31. The van der Waals surface area contributed by atoms with Crippen molar-refractivity contribution in [2.24, 2.45) is 0 Å². The topological polar surface area (TPSA) is 63.9 Å². The van der Waals surface area contributed by atoms with E-state index < -0.39 is 0 Å². The van der Waals surface area contributed by atoms with Crippen LogP contribution in [0.1, 0.15) is 18.4 Å². The summed E-state index contributed by atoms with van der Waals surface area (Å²) in [7, 11) is 0. The number of rotatable bonds is 6. The van der Waals surface area contributed by atoms with Crippen LogP contribution in [-0.4, -0.2) is 41.2 Å². The molecule has 2 heterocycles. The van der Waals surface area contributed by atoms with Gasteiger partial charge in [0.2, 0.25) is 0 Å². The van der Waals surface area contributed by atoms with Gasteiger partial charge in [-0.15, -0.1) is 0 Å². The van der Waals surface area contributed by atoms with Crippen molar-refractivity contribution in [1.29, 1.82) is 0 Å². The van der Waals surface area contributed by atoms with Crippen LogP contribution in [0, 0.1) is 0 Å². The number of fused-ring (bicyclic) bond motifs is 2. The normalized spacial score (nSPS) is 13.8. The minimum Gasteiger partial charge on any atom is -0.486 e. The Balaban J connectivity index is 2.04. The van der Waals surface area contributed by atoms with Crippen molar-refractivity contribution in [3.63, 3.8) is 0 Å². The molecule has 3 rings (SSSR count). The Morgan fingerprint density at radius 1 is 1.00 bits per heavy atom. The Morgan fingerprint density at radius 3 is 2.43 bits per heavy atom. The fourth-order valence-corrected chi connectivity index (χ4v) is 2.79. The standard InChI is InChI=1S/C16H21NO4/c18-5-1-3-12-11-17(4-2-6-19)14-10-16-15(9-13(12)14)20-7-8-21-16/h9-11,18-19H,1-8H2. The molecule has 1 aromatic carbocycles. The number of aliphatic hydroxyl groups excluding tert-OH is 2. The Labute approximate surface area is 123 Å². The first kappa shape index (κ1) is 14.2. The molecule has 0 amide bonds. The number of aryl methyl sites for hydroxylation is 2. The highest BCUT2D eigenvalue weighted by atomic mass is 16.6. The summed E-state index contributed by atoms with van der Waals surface area (Å²) in [6, 6.07) is 4.05. The zero-order valence-electron chi connectivity index (χ0n) is 12.0. The summed E-state index contributed by atoms with van der Waals surface area (Å²) in [6.45, 7) is 2.29. The van der Waals surface area contributed by atoms with E-state index in [2.05, 4.69) is 10.8 Å². The lowest BCUT2D eigenvalue weighted by Gasteiger charge is -2.18. The van der Waals surface area contributed by atoms with E-state index in [1.165, 1.54) is 5.56 Å². The van der Waals surface area contributed by atoms with Crippen LogP contribution in [0.15, 0.2) is 18.3 Å². The largest absolute Gasteiger partial charge is 0.486 e. The van der Waals surface area contributed by atoms with Gasteiger partial charge in [-0.3, -0.25) is 0 Å². The first-order chi connectivity index (χ1) is 10.3. The number of benzene rings is 1. The van der Waals surface area contributed by atoms with Crippen molar-refractivity contribution in [3.8, 4) is 11.5 Å². The fraction of sp³-hybridized carbons (Fsp3) is 0.500. The van der Waals surface area contributed by atoms with E-state index in [4.69, 9.17) is 19.7 Å². The van der Waals surface area contributed by atoms with Crippen LogP contribution in [0.3, 0.4) is 0 Å². The lowest BCUT2D eigenvalue weighted by molar-refractivity contribution is 0.172. The molecule has 114 valence electrons. The Morgan fingerprint density at radius 2 is 1.71 bits per heavy atom. The average molecular weight is 291 g/mol. The van der Waals surface area contributed by atoms with Crippen molar-refractivity contribution in [1.82, 2.24) is 4.57 Å². The first-order valence-corrected chi connectivity index (χ1v) is 7.46. The second-order valence-corrected chi connectivity index (χ2v) is 5.27. The molecule has 2 aromatic rings. The molecule has 0 aliphatic carbocycles. The minimum absolute atomic E-state index is 0.177. The van der Waals surface area contributed by atoms with Crippen LogP contribution in [0.5, 0.6) is 11.5 Å². The number of nitrogens with zero attached hydrogens (tertiary/aromatic N) is 1. The zero-order valence-corrected chi connectivity index (χ0v) is 12.0. The minimum atomic E-state index is 0.177. The highest BCUT2D eigenvalue weighted by molar-refractivity contribution is 5.87. The van der Waals surface area contributed by atoms with Gasteiger partial charge in [0.15, 0.2) is 11.5 Å². The highest BCUT2D eigenvalue weighted by Crippen LogP contribution is 2.37. The fourth-order valence-electron chi connectivity index (χ4n) is 2.79. The van der Waals surface area contributed by atoms with Crippen molar-refractivity contribution in [2.45, 2.75) is 25.8 Å². The third kappa shape index (κ3) is 2.84. The summed E-state index contributed by atoms with van der Waals surface area (Å²) in [5.74, 6) is 1.57. The van der Waals surface area contributed by atoms with Gasteiger partial charge in [0.1, 0.15) is 13.2 Å². The summed E-state index contributed by atoms with van der Waals surface area (Å²) in [5.41, 5.74) is 2.30. The van der Waals surface area contributed by atoms with Crippen molar-refractivity contribution < 1.29 is 19.7 Å². The smallest absolute Gasteiger partial charge is 0.163 e. The van der Waals surface area contributed by atoms with E-state index in [0.29, 0.717) is 13.2 Å². The Bertz CT molecular complexity index is 568. The summed E-state index contributed by atoms with van der Waals surface area (Å²) < 4.78 is 13.5. The summed E-state index contributed by atoms with van der Waals surface area (Å²) >= 11 is 0. The van der Waals surface area contributed by atoms with Gasteiger partial charge in [-0.25, -0.2) is 0 Å². The summed E-state index contributed by atoms with van der Waals surface area (Å²) in [5, 5.41) is 19.2. The van der Waals surface area contributed by atoms with Crippen molar-refractivity contribution in [2.75, 3.05) is 26.4 Å². The number of aromatic nitrogens is 1. The monoisotopic (exact) mass is 291 g/mol. The average Bonchev–Trinajstić information content (AvgIpc) is 2.86. The molecule has 1 aromatic heterocycles. The number of hydrogen-bond acceptors (Lipinski definition) is 4. The van der Waals surface area contributed by atoms with Crippen LogP contribution >= 0.6 is 0 Å². The quantitative estimate of drug-likeness (QED) is 0.850. The van der Waals surface area contributed by atoms with E-state index in [9.17, 15) is 0 Å². The maximum atomic E-state index is 9.06. The van der Waals surface area contributed by atoms with E-state index in [1.54, 1.807) is 0 Å². The third-order valence-corrected chi connectivity index (χ3v) is 3.79. The molecule has 0 fully saturated rings. The second-order valence-electron chi connectivity index (χ2n) is 5.27. The van der Waals surface area contributed by atoms with Gasteiger partial charge >= 0.3 is 0 Å². The van der Waals surface area contributed by atoms with Gasteiger partial charge in [-0.2, -0.15) is 0 Å². The molecule has 0 radical (unpaired) electrons. The van der Waals surface area contributed by atoms with Crippen LogP contribution < -0.4 is 9.47 Å². The predicted octanol–water partition coefficient (Wildman–Crippen LogP) is 1.72. The van der Waals surface area contributed by atoms with E-state index in [1.807, 2.05) is 12.1 Å². The molecule has 21 heavy (non-hydrogen) atoms. The molecule has 0 unspecified atom stereocenters. The number of ether oxygens (including phenoxy) is 2. The molecule has 5 nitrogen and oxygen atoms in total. The maximum Gasteiger partial charge on any atom is 0.163 e. The van der Waals surface area contributed by atoms with Gasteiger partial charge in [0.05, 0.1) is 5.52 Å². The van der Waals surface area contributed by atoms with E-state index in [0.717, 1.165) is 48.2 Å².